The minimum Gasteiger partial charge on any atom is -0.377 e. The molecule has 1 aliphatic rings. The highest BCUT2D eigenvalue weighted by Crippen LogP contribution is 2.12. The molecule has 4 heteroatoms. The molecule has 80 valence electrons. The normalized spacial score (nSPS) is 25.1. The maximum atomic E-state index is 11.8. The molecule has 0 spiro atoms. The van der Waals surface area contributed by atoms with E-state index in [4.69, 9.17) is 10.5 Å². The zero-order valence-electron chi connectivity index (χ0n) is 8.40. The molecular formula is C11H14N2O2. The van der Waals surface area contributed by atoms with Crippen LogP contribution in [0.4, 0.5) is 0 Å². The molecule has 1 aromatic carbocycles. The Morgan fingerprint density at radius 2 is 2.13 bits per heavy atom. The van der Waals surface area contributed by atoms with E-state index in [9.17, 15) is 4.79 Å². The molecule has 1 atom stereocenters. The number of amides is 1. The molecule has 0 saturated carbocycles. The molecule has 1 heterocycles. The molecule has 0 aromatic heterocycles. The molecule has 4 nitrogen and oxygen atoms in total. The summed E-state index contributed by atoms with van der Waals surface area (Å²) in [5.41, 5.74) is 5.86. The van der Waals surface area contributed by atoms with Crippen LogP contribution in [-0.2, 0) is 4.74 Å². The number of rotatable bonds is 2. The first kappa shape index (κ1) is 10.1. The fourth-order valence-electron chi connectivity index (χ4n) is 1.57. The van der Waals surface area contributed by atoms with Crippen LogP contribution < -0.4 is 11.1 Å². The van der Waals surface area contributed by atoms with E-state index in [0.717, 1.165) is 0 Å². The molecule has 0 aliphatic carbocycles. The van der Waals surface area contributed by atoms with Crippen LogP contribution in [0.2, 0.25) is 0 Å². The number of nitrogens with one attached hydrogen (secondary N) is 1. The molecule has 1 saturated heterocycles. The van der Waals surface area contributed by atoms with Gasteiger partial charge in [-0.05, 0) is 12.1 Å². The lowest BCUT2D eigenvalue weighted by Crippen LogP contribution is -2.56. The van der Waals surface area contributed by atoms with Gasteiger partial charge in [0.15, 0.2) is 0 Å². The van der Waals surface area contributed by atoms with Gasteiger partial charge in [0, 0.05) is 12.0 Å². The Morgan fingerprint density at radius 1 is 1.40 bits per heavy atom. The highest BCUT2D eigenvalue weighted by Gasteiger charge is 2.32. The van der Waals surface area contributed by atoms with E-state index in [1.807, 2.05) is 18.2 Å². The minimum atomic E-state index is -0.701. The van der Waals surface area contributed by atoms with E-state index in [-0.39, 0.29) is 5.91 Å². The summed E-state index contributed by atoms with van der Waals surface area (Å²) < 4.78 is 5.16. The van der Waals surface area contributed by atoms with Gasteiger partial charge in [0.05, 0.1) is 13.2 Å². The first-order valence-electron chi connectivity index (χ1n) is 4.94. The lowest BCUT2D eigenvalue weighted by Gasteiger charge is -2.23. The lowest BCUT2D eigenvalue weighted by atomic mass is 10.1. The van der Waals surface area contributed by atoms with Crippen molar-refractivity contribution in [2.75, 3.05) is 13.2 Å². The monoisotopic (exact) mass is 206 g/mol. The van der Waals surface area contributed by atoms with Gasteiger partial charge in [0.1, 0.15) is 5.66 Å². The smallest absolute Gasteiger partial charge is 0.252 e. The Balaban J connectivity index is 2.04. The van der Waals surface area contributed by atoms with Crippen molar-refractivity contribution >= 4 is 5.91 Å². The third-order valence-electron chi connectivity index (χ3n) is 2.45. The molecule has 1 amide bonds. The maximum absolute atomic E-state index is 11.8. The second-order valence-electron chi connectivity index (χ2n) is 3.78. The van der Waals surface area contributed by atoms with Crippen molar-refractivity contribution in [2.45, 2.75) is 12.1 Å². The molecule has 2 rings (SSSR count). The minimum absolute atomic E-state index is 0.149. The summed E-state index contributed by atoms with van der Waals surface area (Å²) in [6.45, 7) is 0.983. The second-order valence-corrected chi connectivity index (χ2v) is 3.78. The predicted molar refractivity (Wildman–Crippen MR) is 56.3 cm³/mol. The van der Waals surface area contributed by atoms with E-state index < -0.39 is 5.66 Å². The second kappa shape index (κ2) is 4.00. The van der Waals surface area contributed by atoms with Gasteiger partial charge in [-0.3, -0.25) is 4.79 Å². The Labute approximate surface area is 88.4 Å². The number of hydrogen-bond acceptors (Lipinski definition) is 3. The molecular weight excluding hydrogens is 192 g/mol. The van der Waals surface area contributed by atoms with Crippen LogP contribution in [0.5, 0.6) is 0 Å². The zero-order chi connectivity index (χ0) is 10.7. The van der Waals surface area contributed by atoms with Crippen molar-refractivity contribution in [2.24, 2.45) is 5.73 Å². The molecule has 15 heavy (non-hydrogen) atoms. The number of carbonyl (C=O) groups is 1. The summed E-state index contributed by atoms with van der Waals surface area (Å²) in [6.07, 6.45) is 0.658. The van der Waals surface area contributed by atoms with Gasteiger partial charge in [0.2, 0.25) is 0 Å². The van der Waals surface area contributed by atoms with Crippen LogP contribution in [0.15, 0.2) is 30.3 Å². The van der Waals surface area contributed by atoms with Gasteiger partial charge < -0.3 is 15.8 Å². The molecule has 1 aliphatic heterocycles. The number of ether oxygens (including phenoxy) is 1. The van der Waals surface area contributed by atoms with Gasteiger partial charge in [-0.1, -0.05) is 18.2 Å². The van der Waals surface area contributed by atoms with Crippen molar-refractivity contribution in [3.8, 4) is 0 Å². The Kier molecular flexibility index (Phi) is 2.70. The third-order valence-corrected chi connectivity index (χ3v) is 2.45. The first-order chi connectivity index (χ1) is 7.20. The summed E-state index contributed by atoms with van der Waals surface area (Å²) in [6, 6.07) is 9.03. The fraction of sp³-hybridized carbons (Fsp3) is 0.364. The van der Waals surface area contributed by atoms with Crippen LogP contribution in [0, 0.1) is 0 Å². The molecule has 1 aromatic rings. The summed E-state index contributed by atoms with van der Waals surface area (Å²) in [7, 11) is 0. The fourth-order valence-corrected chi connectivity index (χ4v) is 1.57. The first-order valence-corrected chi connectivity index (χ1v) is 4.94. The average molecular weight is 206 g/mol. The largest absolute Gasteiger partial charge is 0.377 e. The van der Waals surface area contributed by atoms with E-state index in [1.165, 1.54) is 0 Å². The molecule has 0 bridgehead atoms. The summed E-state index contributed by atoms with van der Waals surface area (Å²) in [4.78, 5) is 11.8. The van der Waals surface area contributed by atoms with Crippen molar-refractivity contribution < 1.29 is 9.53 Å². The van der Waals surface area contributed by atoms with Crippen LogP contribution >= 0.6 is 0 Å². The van der Waals surface area contributed by atoms with Crippen molar-refractivity contribution in [3.05, 3.63) is 35.9 Å². The quantitative estimate of drug-likeness (QED) is 0.692. The summed E-state index contributed by atoms with van der Waals surface area (Å²) in [5, 5.41) is 2.79. The highest BCUT2D eigenvalue weighted by atomic mass is 16.5. The van der Waals surface area contributed by atoms with Crippen molar-refractivity contribution in [1.29, 1.82) is 0 Å². The van der Waals surface area contributed by atoms with Crippen molar-refractivity contribution in [1.82, 2.24) is 5.32 Å². The van der Waals surface area contributed by atoms with E-state index in [2.05, 4.69) is 5.32 Å². The lowest BCUT2D eigenvalue weighted by molar-refractivity contribution is 0.0882. The predicted octanol–water partition coefficient (Wildman–Crippen LogP) is 0.492. The molecule has 1 fully saturated rings. The molecule has 0 radical (unpaired) electrons. The van der Waals surface area contributed by atoms with Gasteiger partial charge in [0.25, 0.3) is 5.91 Å². The third kappa shape index (κ3) is 2.34. The number of nitrogens with two attached hydrogens (primary N) is 1. The Bertz CT molecular complexity index is 345. The highest BCUT2D eigenvalue weighted by molar-refractivity contribution is 5.94. The summed E-state index contributed by atoms with van der Waals surface area (Å²) in [5.74, 6) is -0.149. The van der Waals surface area contributed by atoms with E-state index in [0.29, 0.717) is 25.2 Å². The van der Waals surface area contributed by atoms with Crippen LogP contribution in [0.3, 0.4) is 0 Å². The average Bonchev–Trinajstić information content (AvgIpc) is 2.66. The van der Waals surface area contributed by atoms with Gasteiger partial charge in [-0.15, -0.1) is 0 Å². The topological polar surface area (TPSA) is 64.3 Å². The van der Waals surface area contributed by atoms with Gasteiger partial charge in [-0.25, -0.2) is 0 Å². The number of benzene rings is 1. The van der Waals surface area contributed by atoms with Gasteiger partial charge >= 0.3 is 0 Å². The Morgan fingerprint density at radius 3 is 2.73 bits per heavy atom. The van der Waals surface area contributed by atoms with Crippen LogP contribution in [0.1, 0.15) is 16.8 Å². The van der Waals surface area contributed by atoms with E-state index in [1.54, 1.807) is 12.1 Å². The Hall–Kier alpha value is -1.39. The number of carbonyl (C=O) groups excluding carboxylic acids is 1. The number of hydrogen-bond donors (Lipinski definition) is 2. The zero-order valence-corrected chi connectivity index (χ0v) is 8.40. The van der Waals surface area contributed by atoms with Crippen molar-refractivity contribution in [3.63, 3.8) is 0 Å². The molecule has 1 unspecified atom stereocenters. The summed E-state index contributed by atoms with van der Waals surface area (Å²) >= 11 is 0. The van der Waals surface area contributed by atoms with Gasteiger partial charge in [-0.2, -0.15) is 0 Å². The van der Waals surface area contributed by atoms with Crippen LogP contribution in [-0.4, -0.2) is 24.8 Å². The standard InChI is InChI=1S/C11H14N2O2/c12-11(6-7-15-8-11)13-10(14)9-4-2-1-3-5-9/h1-5H,6-8,12H2,(H,13,14). The van der Waals surface area contributed by atoms with Crippen LogP contribution in [0.25, 0.3) is 0 Å². The molecule has 3 N–H and O–H groups in total. The maximum Gasteiger partial charge on any atom is 0.252 e. The van der Waals surface area contributed by atoms with E-state index >= 15 is 0 Å². The SMILES string of the molecule is NC1(NC(=O)c2ccccc2)CCOC1.